The zero-order chi connectivity index (χ0) is 23.1. The van der Waals surface area contributed by atoms with E-state index in [0.717, 1.165) is 0 Å². The lowest BCUT2D eigenvalue weighted by Gasteiger charge is -2.35. The second-order valence-corrected chi connectivity index (χ2v) is 9.24. The van der Waals surface area contributed by atoms with Gasteiger partial charge < -0.3 is 18.9 Å². The van der Waals surface area contributed by atoms with E-state index in [1.165, 1.54) is 0 Å². The molecule has 0 spiro atoms. The van der Waals surface area contributed by atoms with Crippen molar-refractivity contribution >= 4 is 52.6 Å². The average molecular weight is 501 g/mol. The summed E-state index contributed by atoms with van der Waals surface area (Å²) in [5.41, 5.74) is 0.777. The van der Waals surface area contributed by atoms with Crippen molar-refractivity contribution in [3.63, 3.8) is 0 Å². The number of hydrogen-bond donors (Lipinski definition) is 1. The fourth-order valence-electron chi connectivity index (χ4n) is 3.03. The van der Waals surface area contributed by atoms with Crippen LogP contribution in [0.3, 0.4) is 0 Å². The largest absolute Gasteiger partial charge is 0.459 e. The summed E-state index contributed by atoms with van der Waals surface area (Å²) in [5, 5.41) is 7.78. The molecule has 1 aliphatic heterocycles. The standard InChI is InChI=1S/C22H20Cl3NO6/c23-22(24,25)21(26)32-18-12-16(31-20(28)15-9-5-2-6-10-15)11-17(30-18)13-29-19(27)14-7-3-1-4-8-14/h1-10,16-18,26H,11-13H2. The summed E-state index contributed by atoms with van der Waals surface area (Å²) < 4.78 is 19.9. The number of halogens is 3. The van der Waals surface area contributed by atoms with E-state index < -0.39 is 40.1 Å². The second-order valence-electron chi connectivity index (χ2n) is 6.96. The number of nitrogens with one attached hydrogen (secondary N) is 1. The molecular weight excluding hydrogens is 481 g/mol. The summed E-state index contributed by atoms with van der Waals surface area (Å²) in [6.45, 7) is -0.117. The minimum atomic E-state index is -2.08. The molecule has 3 atom stereocenters. The molecule has 0 bridgehead atoms. The Bertz CT molecular complexity index is 936. The van der Waals surface area contributed by atoms with Crippen molar-refractivity contribution in [3.8, 4) is 0 Å². The molecule has 0 aliphatic carbocycles. The predicted molar refractivity (Wildman–Crippen MR) is 119 cm³/mol. The number of carbonyl (C=O) groups excluding carboxylic acids is 2. The number of alkyl halides is 3. The number of ether oxygens (including phenoxy) is 4. The summed E-state index contributed by atoms with van der Waals surface area (Å²) in [7, 11) is 0. The Hall–Kier alpha value is -2.32. The molecule has 3 rings (SSSR count). The molecule has 32 heavy (non-hydrogen) atoms. The third kappa shape index (κ3) is 7.10. The topological polar surface area (TPSA) is 94.9 Å². The fraction of sp³-hybridized carbons (Fsp3) is 0.318. The van der Waals surface area contributed by atoms with Crippen LogP contribution in [-0.2, 0) is 18.9 Å². The van der Waals surface area contributed by atoms with Gasteiger partial charge in [-0.3, -0.25) is 5.41 Å². The van der Waals surface area contributed by atoms with Gasteiger partial charge in [-0.15, -0.1) is 0 Å². The molecule has 1 saturated heterocycles. The quantitative estimate of drug-likeness (QED) is 0.261. The van der Waals surface area contributed by atoms with Crippen molar-refractivity contribution in [1.82, 2.24) is 0 Å². The molecule has 0 aromatic heterocycles. The lowest BCUT2D eigenvalue weighted by atomic mass is 10.0. The second kappa shape index (κ2) is 11.0. The van der Waals surface area contributed by atoms with Gasteiger partial charge in [0.1, 0.15) is 12.7 Å². The van der Waals surface area contributed by atoms with Gasteiger partial charge >= 0.3 is 11.9 Å². The lowest BCUT2D eigenvalue weighted by Crippen LogP contribution is -2.43. The van der Waals surface area contributed by atoms with Crippen LogP contribution in [0.5, 0.6) is 0 Å². The molecule has 1 heterocycles. The minimum absolute atomic E-state index is 0.102. The third-order valence-corrected chi connectivity index (χ3v) is 5.04. The predicted octanol–water partition coefficient (Wildman–Crippen LogP) is 4.94. The molecule has 0 saturated carbocycles. The highest BCUT2D eigenvalue weighted by molar-refractivity contribution is 6.76. The smallest absolute Gasteiger partial charge is 0.338 e. The normalized spacial score (nSPS) is 20.8. The fourth-order valence-corrected chi connectivity index (χ4v) is 3.16. The lowest BCUT2D eigenvalue weighted by molar-refractivity contribution is -0.191. The van der Waals surface area contributed by atoms with Gasteiger partial charge in [0, 0.05) is 12.8 Å². The molecule has 3 unspecified atom stereocenters. The number of benzene rings is 2. The maximum absolute atomic E-state index is 12.5. The zero-order valence-corrected chi connectivity index (χ0v) is 19.0. The van der Waals surface area contributed by atoms with Gasteiger partial charge in [-0.25, -0.2) is 9.59 Å². The van der Waals surface area contributed by atoms with Crippen molar-refractivity contribution in [2.24, 2.45) is 0 Å². The Morgan fingerprint density at radius 3 is 2.03 bits per heavy atom. The van der Waals surface area contributed by atoms with Crippen molar-refractivity contribution in [2.75, 3.05) is 6.61 Å². The van der Waals surface area contributed by atoms with Crippen molar-refractivity contribution in [1.29, 1.82) is 5.41 Å². The van der Waals surface area contributed by atoms with Crippen LogP contribution in [-0.4, -0.2) is 46.7 Å². The van der Waals surface area contributed by atoms with Crippen LogP contribution in [0, 0.1) is 5.41 Å². The summed E-state index contributed by atoms with van der Waals surface area (Å²) in [4.78, 5) is 24.7. The Morgan fingerprint density at radius 1 is 0.906 bits per heavy atom. The highest BCUT2D eigenvalue weighted by Gasteiger charge is 2.38. The molecule has 2 aromatic rings. The van der Waals surface area contributed by atoms with Crippen LogP contribution in [0.15, 0.2) is 60.7 Å². The molecule has 0 radical (unpaired) electrons. The van der Waals surface area contributed by atoms with E-state index >= 15 is 0 Å². The molecule has 2 aromatic carbocycles. The number of esters is 2. The Morgan fingerprint density at radius 2 is 1.47 bits per heavy atom. The summed E-state index contributed by atoms with van der Waals surface area (Å²) in [5.74, 6) is -1.68. The van der Waals surface area contributed by atoms with E-state index in [9.17, 15) is 9.59 Å². The van der Waals surface area contributed by atoms with E-state index in [2.05, 4.69) is 0 Å². The first-order valence-corrected chi connectivity index (χ1v) is 10.8. The molecule has 0 amide bonds. The van der Waals surface area contributed by atoms with Crippen LogP contribution < -0.4 is 0 Å². The van der Waals surface area contributed by atoms with Gasteiger partial charge in [-0.1, -0.05) is 71.2 Å². The SMILES string of the molecule is N=C(OC1CC(OC(=O)c2ccccc2)CC(COC(=O)c2ccccc2)O1)C(Cl)(Cl)Cl. The number of rotatable bonds is 6. The van der Waals surface area contributed by atoms with Crippen LogP contribution in [0.1, 0.15) is 33.6 Å². The molecule has 1 N–H and O–H groups in total. The molecule has 1 aliphatic rings. The van der Waals surface area contributed by atoms with Crippen molar-refractivity contribution in [2.45, 2.75) is 35.1 Å². The van der Waals surface area contributed by atoms with Gasteiger partial charge in [-0.05, 0) is 24.3 Å². The minimum Gasteiger partial charge on any atom is -0.459 e. The van der Waals surface area contributed by atoms with E-state index in [4.69, 9.17) is 59.2 Å². The summed E-state index contributed by atoms with van der Waals surface area (Å²) in [6, 6.07) is 17.0. The van der Waals surface area contributed by atoms with E-state index in [1.54, 1.807) is 60.7 Å². The van der Waals surface area contributed by atoms with Gasteiger partial charge in [-0.2, -0.15) is 0 Å². The van der Waals surface area contributed by atoms with Crippen LogP contribution in [0.2, 0.25) is 0 Å². The molecular formula is C22H20Cl3NO6. The highest BCUT2D eigenvalue weighted by atomic mass is 35.6. The maximum Gasteiger partial charge on any atom is 0.338 e. The van der Waals surface area contributed by atoms with Gasteiger partial charge in [0.15, 0.2) is 0 Å². The maximum atomic E-state index is 12.5. The number of hydrogen-bond acceptors (Lipinski definition) is 7. The first-order valence-electron chi connectivity index (χ1n) is 9.68. The van der Waals surface area contributed by atoms with Crippen LogP contribution in [0.25, 0.3) is 0 Å². The summed E-state index contributed by atoms with van der Waals surface area (Å²) >= 11 is 17.0. The van der Waals surface area contributed by atoms with Gasteiger partial charge in [0.2, 0.25) is 12.2 Å². The van der Waals surface area contributed by atoms with Gasteiger partial charge in [0.25, 0.3) is 3.79 Å². The monoisotopic (exact) mass is 499 g/mol. The Balaban J connectivity index is 1.65. The Labute approximate surface area is 200 Å². The van der Waals surface area contributed by atoms with Gasteiger partial charge in [0.05, 0.1) is 17.2 Å². The summed E-state index contributed by atoms with van der Waals surface area (Å²) in [6.07, 6.45) is -1.99. The Kier molecular flexibility index (Phi) is 8.37. The highest BCUT2D eigenvalue weighted by Crippen LogP contribution is 2.31. The van der Waals surface area contributed by atoms with E-state index in [1.807, 2.05) is 0 Å². The molecule has 170 valence electrons. The average Bonchev–Trinajstić information content (AvgIpc) is 2.78. The third-order valence-electron chi connectivity index (χ3n) is 4.53. The van der Waals surface area contributed by atoms with Crippen molar-refractivity contribution in [3.05, 3.63) is 71.8 Å². The van der Waals surface area contributed by atoms with E-state index in [0.29, 0.717) is 11.1 Å². The molecule has 1 fully saturated rings. The molecule has 10 heteroatoms. The first-order chi connectivity index (χ1) is 15.2. The van der Waals surface area contributed by atoms with Crippen LogP contribution >= 0.6 is 34.8 Å². The molecule has 7 nitrogen and oxygen atoms in total. The first kappa shape index (κ1) is 24.3. The van der Waals surface area contributed by atoms with Crippen molar-refractivity contribution < 1.29 is 28.5 Å². The van der Waals surface area contributed by atoms with E-state index in [-0.39, 0.29) is 19.4 Å². The zero-order valence-electron chi connectivity index (χ0n) is 16.7. The van der Waals surface area contributed by atoms with Crippen LogP contribution in [0.4, 0.5) is 0 Å². The number of carbonyl (C=O) groups is 2.